The van der Waals surface area contributed by atoms with Crippen molar-refractivity contribution in [3.8, 4) is 5.75 Å². The van der Waals surface area contributed by atoms with Gasteiger partial charge in [-0.25, -0.2) is 4.79 Å². The van der Waals surface area contributed by atoms with Gasteiger partial charge in [0, 0.05) is 22.1 Å². The number of aryl methyl sites for hydroxylation is 1. The van der Waals surface area contributed by atoms with Gasteiger partial charge in [-0.05, 0) is 60.1 Å². The second-order valence-electron chi connectivity index (χ2n) is 8.14. The number of rotatable bonds is 2. The van der Waals surface area contributed by atoms with E-state index >= 15 is 0 Å². The molecule has 3 aromatic rings. The lowest BCUT2D eigenvalue weighted by Crippen LogP contribution is -2.67. The van der Waals surface area contributed by atoms with Gasteiger partial charge in [0.2, 0.25) is 0 Å². The van der Waals surface area contributed by atoms with Crippen molar-refractivity contribution in [1.82, 2.24) is 4.90 Å². The second kappa shape index (κ2) is 7.24. The molecule has 5 nitrogen and oxygen atoms in total. The minimum absolute atomic E-state index is 0.335. The first-order chi connectivity index (χ1) is 14.9. The Morgan fingerprint density at radius 2 is 1.71 bits per heavy atom. The van der Waals surface area contributed by atoms with E-state index in [9.17, 15) is 9.59 Å². The summed E-state index contributed by atoms with van der Waals surface area (Å²) in [6.45, 7) is 3.91. The SMILES string of the molecule is Cc1ccc(N2C(=O)N(C(=O)c3ccccc3Br)C3CC2(C)Oc2ccccc23)cc1. The molecule has 2 atom stereocenters. The third-order valence-corrected chi connectivity index (χ3v) is 6.67. The lowest BCUT2D eigenvalue weighted by molar-refractivity contribution is 0.00265. The smallest absolute Gasteiger partial charge is 0.335 e. The summed E-state index contributed by atoms with van der Waals surface area (Å²) in [5, 5.41) is 0. The Balaban J connectivity index is 1.68. The van der Waals surface area contributed by atoms with E-state index in [2.05, 4.69) is 15.9 Å². The lowest BCUT2D eigenvalue weighted by Gasteiger charge is -2.53. The third kappa shape index (κ3) is 3.13. The average molecular weight is 477 g/mol. The summed E-state index contributed by atoms with van der Waals surface area (Å²) in [5.41, 5.74) is 2.17. The molecule has 1 saturated heterocycles. The maximum absolute atomic E-state index is 13.9. The van der Waals surface area contributed by atoms with E-state index in [1.165, 1.54) is 4.90 Å². The molecule has 2 bridgehead atoms. The van der Waals surface area contributed by atoms with Gasteiger partial charge in [0.1, 0.15) is 5.75 Å². The fraction of sp³-hybridized carbons (Fsp3) is 0.200. The topological polar surface area (TPSA) is 49.9 Å². The van der Waals surface area contributed by atoms with Crippen molar-refractivity contribution >= 4 is 33.6 Å². The summed E-state index contributed by atoms with van der Waals surface area (Å²) < 4.78 is 7.03. The fourth-order valence-corrected chi connectivity index (χ4v) is 4.93. The molecule has 31 heavy (non-hydrogen) atoms. The van der Waals surface area contributed by atoms with E-state index in [1.807, 2.05) is 68.4 Å². The van der Waals surface area contributed by atoms with Crippen LogP contribution in [-0.2, 0) is 0 Å². The number of nitrogens with zero attached hydrogens (tertiary/aromatic N) is 2. The number of imide groups is 1. The van der Waals surface area contributed by atoms with Crippen LogP contribution in [0.2, 0.25) is 0 Å². The molecule has 1 fully saturated rings. The molecule has 5 rings (SSSR count). The first-order valence-electron chi connectivity index (χ1n) is 10.2. The normalized spacial score (nSPS) is 22.0. The van der Waals surface area contributed by atoms with Crippen molar-refractivity contribution in [3.63, 3.8) is 0 Å². The van der Waals surface area contributed by atoms with Gasteiger partial charge in [0.15, 0.2) is 5.72 Å². The number of amides is 3. The van der Waals surface area contributed by atoms with Crippen molar-refractivity contribution in [2.45, 2.75) is 32.0 Å². The van der Waals surface area contributed by atoms with Crippen LogP contribution >= 0.6 is 15.9 Å². The van der Waals surface area contributed by atoms with Gasteiger partial charge in [0.25, 0.3) is 5.91 Å². The fourth-order valence-electron chi connectivity index (χ4n) is 4.48. The highest BCUT2D eigenvalue weighted by Gasteiger charge is 2.55. The number of para-hydroxylation sites is 1. The van der Waals surface area contributed by atoms with Crippen molar-refractivity contribution in [2.75, 3.05) is 4.90 Å². The average Bonchev–Trinajstić information content (AvgIpc) is 2.75. The molecule has 0 aromatic heterocycles. The highest BCUT2D eigenvalue weighted by molar-refractivity contribution is 9.10. The molecule has 0 radical (unpaired) electrons. The number of carbonyl (C=O) groups excluding carboxylic acids is 2. The van der Waals surface area contributed by atoms with E-state index in [-0.39, 0.29) is 5.91 Å². The van der Waals surface area contributed by atoms with Gasteiger partial charge in [0.05, 0.1) is 11.6 Å². The van der Waals surface area contributed by atoms with E-state index < -0.39 is 17.8 Å². The van der Waals surface area contributed by atoms with Gasteiger partial charge >= 0.3 is 6.03 Å². The van der Waals surface area contributed by atoms with Crippen LogP contribution in [0.3, 0.4) is 0 Å². The van der Waals surface area contributed by atoms with Crippen LogP contribution in [0.4, 0.5) is 10.5 Å². The molecule has 156 valence electrons. The number of benzene rings is 3. The molecule has 0 spiro atoms. The number of carbonyl (C=O) groups is 2. The summed E-state index contributed by atoms with van der Waals surface area (Å²) in [6, 6.07) is 21.7. The molecule has 2 heterocycles. The van der Waals surface area contributed by atoms with E-state index in [4.69, 9.17) is 4.74 Å². The quantitative estimate of drug-likeness (QED) is 0.450. The van der Waals surface area contributed by atoms with Gasteiger partial charge in [-0.3, -0.25) is 14.6 Å². The van der Waals surface area contributed by atoms with Crippen LogP contribution in [-0.4, -0.2) is 22.6 Å². The molecule has 6 heteroatoms. The zero-order chi connectivity index (χ0) is 21.8. The van der Waals surface area contributed by atoms with Gasteiger partial charge in [-0.2, -0.15) is 0 Å². The first kappa shape index (κ1) is 19.8. The highest BCUT2D eigenvalue weighted by atomic mass is 79.9. The zero-order valence-electron chi connectivity index (χ0n) is 17.2. The van der Waals surface area contributed by atoms with Gasteiger partial charge in [-0.1, -0.05) is 48.0 Å². The Labute approximate surface area is 189 Å². The van der Waals surface area contributed by atoms with Crippen molar-refractivity contribution in [3.05, 3.63) is 94.0 Å². The Hall–Kier alpha value is -3.12. The molecule has 2 aliphatic rings. The second-order valence-corrected chi connectivity index (χ2v) is 9.00. The summed E-state index contributed by atoms with van der Waals surface area (Å²) in [5.74, 6) is 0.356. The molecule has 0 aliphatic carbocycles. The van der Waals surface area contributed by atoms with E-state index in [0.29, 0.717) is 27.9 Å². The third-order valence-electron chi connectivity index (χ3n) is 5.98. The van der Waals surface area contributed by atoms with Crippen LogP contribution in [0.25, 0.3) is 0 Å². The number of fused-ring (bicyclic) bond motifs is 4. The molecule has 0 N–H and O–H groups in total. The van der Waals surface area contributed by atoms with E-state index in [0.717, 1.165) is 11.1 Å². The van der Waals surface area contributed by atoms with Crippen LogP contribution in [0.1, 0.15) is 40.9 Å². The standard InChI is InChI=1S/C25H21BrN2O3/c1-16-11-13-17(14-12-16)28-24(30)27(23(29)18-7-3-5-9-20(18)26)21-15-25(28,2)31-22-10-6-4-8-19(21)22/h3-14,21H,15H2,1-2H3. The van der Waals surface area contributed by atoms with Crippen molar-refractivity contribution < 1.29 is 14.3 Å². The molecule has 2 unspecified atom stereocenters. The molecular weight excluding hydrogens is 456 g/mol. The zero-order valence-corrected chi connectivity index (χ0v) is 18.8. The Morgan fingerprint density at radius 1 is 1.03 bits per heavy atom. The maximum atomic E-state index is 13.9. The molecule has 3 aromatic carbocycles. The number of halogens is 1. The van der Waals surface area contributed by atoms with Crippen LogP contribution in [0.5, 0.6) is 5.75 Å². The number of urea groups is 1. The number of anilines is 1. The minimum Gasteiger partial charge on any atom is -0.467 e. The van der Waals surface area contributed by atoms with Gasteiger partial charge in [-0.15, -0.1) is 0 Å². The summed E-state index contributed by atoms with van der Waals surface area (Å²) in [6.07, 6.45) is 0.472. The van der Waals surface area contributed by atoms with E-state index in [1.54, 1.807) is 23.1 Å². The Bertz CT molecular complexity index is 1190. The molecular formula is C25H21BrN2O3. The first-order valence-corrected chi connectivity index (χ1v) is 11.0. The number of ether oxygens (including phenoxy) is 1. The molecule has 3 amide bonds. The Kier molecular flexibility index (Phi) is 4.63. The monoisotopic (exact) mass is 476 g/mol. The highest BCUT2D eigenvalue weighted by Crippen LogP contribution is 2.49. The minimum atomic E-state index is -0.907. The molecule has 2 aliphatic heterocycles. The predicted molar refractivity (Wildman–Crippen MR) is 122 cm³/mol. The largest absolute Gasteiger partial charge is 0.467 e. The number of hydrogen-bond acceptors (Lipinski definition) is 3. The summed E-state index contributed by atoms with van der Waals surface area (Å²) in [7, 11) is 0. The van der Waals surface area contributed by atoms with Gasteiger partial charge < -0.3 is 4.74 Å². The summed E-state index contributed by atoms with van der Waals surface area (Å²) >= 11 is 3.46. The maximum Gasteiger partial charge on any atom is 0.335 e. The van der Waals surface area contributed by atoms with Crippen LogP contribution in [0, 0.1) is 6.92 Å². The predicted octanol–water partition coefficient (Wildman–Crippen LogP) is 6.08. The van der Waals surface area contributed by atoms with Crippen LogP contribution in [0.15, 0.2) is 77.3 Å². The molecule has 0 saturated carbocycles. The van der Waals surface area contributed by atoms with Crippen molar-refractivity contribution in [2.24, 2.45) is 0 Å². The number of hydrogen-bond donors (Lipinski definition) is 0. The summed E-state index contributed by atoms with van der Waals surface area (Å²) in [4.78, 5) is 30.6. The Morgan fingerprint density at radius 3 is 2.45 bits per heavy atom. The lowest BCUT2D eigenvalue weighted by atomic mass is 9.88. The van der Waals surface area contributed by atoms with Crippen LogP contribution < -0.4 is 9.64 Å². The van der Waals surface area contributed by atoms with Crippen molar-refractivity contribution in [1.29, 1.82) is 0 Å².